The second-order valence-corrected chi connectivity index (χ2v) is 21.1. The van der Waals surface area contributed by atoms with Gasteiger partial charge in [-0.15, -0.1) is 21.8 Å². The van der Waals surface area contributed by atoms with Crippen LogP contribution in [0, 0.1) is 0 Å². The third-order valence-corrected chi connectivity index (χ3v) is 8.12. The quantitative estimate of drug-likeness (QED) is 0.0436. The van der Waals surface area contributed by atoms with E-state index in [2.05, 4.69) is 34.9 Å². The van der Waals surface area contributed by atoms with E-state index in [9.17, 15) is 4.79 Å². The Kier molecular flexibility index (Phi) is 19.6. The van der Waals surface area contributed by atoms with E-state index in [-0.39, 0.29) is 5.97 Å². The summed E-state index contributed by atoms with van der Waals surface area (Å²) in [7, 11) is 0. The van der Waals surface area contributed by atoms with E-state index in [0.717, 1.165) is 6.42 Å². The summed E-state index contributed by atoms with van der Waals surface area (Å²) in [6, 6.07) is 1.50. The highest BCUT2D eigenvalue weighted by Gasteiger charge is 2.14. The fourth-order valence-electron chi connectivity index (χ4n) is 3.30. The summed E-state index contributed by atoms with van der Waals surface area (Å²) in [4.78, 5) is 11.1. The molecule has 0 aromatic rings. The molecule has 0 aliphatic rings. The smallest absolute Gasteiger partial charge is 0.330 e. The Bertz CT molecular complexity index is 364. The van der Waals surface area contributed by atoms with E-state index in [0.29, 0.717) is 6.61 Å². The molecule has 0 unspecified atom stereocenters. The summed E-state index contributed by atoms with van der Waals surface area (Å²) in [6.45, 7) is 7.35. The molecule has 0 fully saturated rings. The molecule has 0 aromatic carbocycles. The van der Waals surface area contributed by atoms with Crippen molar-refractivity contribution >= 4 is 33.3 Å². The minimum absolute atomic E-state index is 0.209. The molecule has 160 valence electrons. The predicted molar refractivity (Wildman–Crippen MR) is 131 cm³/mol. The first-order chi connectivity index (χ1) is 13.0. The van der Waals surface area contributed by atoms with Crippen molar-refractivity contribution in [2.75, 3.05) is 6.61 Å². The van der Waals surface area contributed by atoms with Crippen molar-refractivity contribution in [3.63, 3.8) is 0 Å². The third-order valence-electron chi connectivity index (χ3n) is 4.96. The summed E-state index contributed by atoms with van der Waals surface area (Å²) in [5, 5.41) is 0. The van der Waals surface area contributed by atoms with Crippen LogP contribution in [0.15, 0.2) is 12.2 Å². The average Bonchev–Trinajstić information content (AvgIpc) is 2.60. The number of halogens is 1. The number of hydrogen-bond donors (Lipinski definition) is 0. The predicted octanol–water partition coefficient (Wildman–Crippen LogP) is 8.60. The summed E-state index contributed by atoms with van der Waals surface area (Å²) >= 11 is 2.70. The van der Waals surface area contributed by atoms with Gasteiger partial charge in [-0.05, 0) is 19.4 Å². The molecule has 0 aromatic heterocycles. The standard InChI is InChI=1S/C23H45IO2Si/c1-4-20-23(25)26-21-18-16-14-12-10-8-6-5-7-9-11-13-15-17-19-22-27(2,3)24/h4,20H,5-19,21-22H2,1-3H3. The van der Waals surface area contributed by atoms with Crippen LogP contribution < -0.4 is 0 Å². The number of unbranched alkanes of at least 4 members (excludes halogenated alkanes) is 14. The Balaban J connectivity index is 3.10. The largest absolute Gasteiger partial charge is 0.463 e. The lowest BCUT2D eigenvalue weighted by atomic mass is 10.0. The molecule has 0 radical (unpaired) electrons. The first-order valence-corrected chi connectivity index (χ1v) is 17.8. The van der Waals surface area contributed by atoms with Crippen molar-refractivity contribution in [1.82, 2.24) is 0 Å². The van der Waals surface area contributed by atoms with Crippen molar-refractivity contribution in [3.8, 4) is 0 Å². The highest BCUT2D eigenvalue weighted by molar-refractivity contribution is 14.1. The molecule has 0 rings (SSSR count). The zero-order valence-electron chi connectivity index (χ0n) is 18.4. The molecule has 0 saturated heterocycles. The van der Waals surface area contributed by atoms with Gasteiger partial charge in [0.05, 0.1) is 6.61 Å². The fraction of sp³-hybridized carbons (Fsp3) is 0.870. The molecular weight excluding hydrogens is 463 g/mol. The molecule has 0 spiro atoms. The molecule has 0 saturated carbocycles. The molecule has 0 aliphatic heterocycles. The molecule has 0 bridgehead atoms. The number of hydrogen-bond acceptors (Lipinski definition) is 2. The van der Waals surface area contributed by atoms with Crippen molar-refractivity contribution in [1.29, 1.82) is 0 Å². The lowest BCUT2D eigenvalue weighted by Gasteiger charge is -2.12. The first-order valence-electron chi connectivity index (χ1n) is 11.4. The number of rotatable bonds is 19. The van der Waals surface area contributed by atoms with Gasteiger partial charge in [-0.25, -0.2) is 4.79 Å². The van der Waals surface area contributed by atoms with Gasteiger partial charge in [-0.1, -0.05) is 109 Å². The Hall–Kier alpha value is 0.157. The Morgan fingerprint density at radius 2 is 1.11 bits per heavy atom. The summed E-state index contributed by atoms with van der Waals surface area (Å²) in [5.74, 6) is -0.209. The van der Waals surface area contributed by atoms with Gasteiger partial charge in [0.25, 0.3) is 0 Å². The van der Waals surface area contributed by atoms with Gasteiger partial charge in [-0.3, -0.25) is 0 Å². The summed E-state index contributed by atoms with van der Waals surface area (Å²) in [6.07, 6.45) is 23.7. The summed E-state index contributed by atoms with van der Waals surface area (Å²) in [5.41, 5.74) is -0.823. The minimum Gasteiger partial charge on any atom is -0.463 e. The van der Waals surface area contributed by atoms with E-state index in [1.165, 1.54) is 102 Å². The van der Waals surface area contributed by atoms with Gasteiger partial charge in [-0.2, -0.15) is 0 Å². The van der Waals surface area contributed by atoms with E-state index < -0.39 is 5.57 Å². The van der Waals surface area contributed by atoms with E-state index in [1.807, 2.05) is 6.92 Å². The van der Waals surface area contributed by atoms with Crippen LogP contribution in [0.3, 0.4) is 0 Å². The SMILES string of the molecule is CC=CC(=O)OCCCCCCCCCCCCCCCCC[Si](C)(C)I. The van der Waals surface area contributed by atoms with Gasteiger partial charge >= 0.3 is 5.97 Å². The van der Waals surface area contributed by atoms with Crippen LogP contribution >= 0.6 is 21.8 Å². The van der Waals surface area contributed by atoms with Crippen LogP contribution in [0.25, 0.3) is 0 Å². The third kappa shape index (κ3) is 24.1. The number of allylic oxidation sites excluding steroid dienone is 1. The van der Waals surface area contributed by atoms with Crippen LogP contribution in [0.4, 0.5) is 0 Å². The molecule has 27 heavy (non-hydrogen) atoms. The average molecular weight is 509 g/mol. The molecule has 0 amide bonds. The van der Waals surface area contributed by atoms with Gasteiger partial charge < -0.3 is 4.74 Å². The maximum atomic E-state index is 11.1. The minimum atomic E-state index is -0.823. The van der Waals surface area contributed by atoms with Crippen molar-refractivity contribution in [3.05, 3.63) is 12.2 Å². The van der Waals surface area contributed by atoms with Crippen LogP contribution in [0.1, 0.15) is 103 Å². The molecule has 0 N–H and O–H groups in total. The molecular formula is C23H45IO2Si. The first kappa shape index (κ1) is 27.2. The van der Waals surface area contributed by atoms with Gasteiger partial charge in [0.15, 0.2) is 0 Å². The molecule has 2 nitrogen and oxygen atoms in total. The number of carbonyl (C=O) groups excluding carboxylic acids is 1. The van der Waals surface area contributed by atoms with Crippen LogP contribution in [0.5, 0.6) is 0 Å². The Morgan fingerprint density at radius 1 is 0.741 bits per heavy atom. The number of esters is 1. The second-order valence-electron chi connectivity index (χ2n) is 8.44. The zero-order chi connectivity index (χ0) is 20.2. The monoisotopic (exact) mass is 508 g/mol. The van der Waals surface area contributed by atoms with E-state index >= 15 is 0 Å². The fourth-order valence-corrected chi connectivity index (χ4v) is 5.54. The van der Waals surface area contributed by atoms with Crippen LogP contribution in [-0.4, -0.2) is 18.1 Å². The molecule has 0 aliphatic carbocycles. The maximum absolute atomic E-state index is 11.1. The normalized spacial score (nSPS) is 12.0. The van der Waals surface area contributed by atoms with Crippen LogP contribution in [-0.2, 0) is 9.53 Å². The van der Waals surface area contributed by atoms with Gasteiger partial charge in [0.2, 0.25) is 0 Å². The Labute approximate surface area is 183 Å². The lowest BCUT2D eigenvalue weighted by Crippen LogP contribution is -2.13. The van der Waals surface area contributed by atoms with E-state index in [4.69, 9.17) is 4.74 Å². The maximum Gasteiger partial charge on any atom is 0.330 e. The van der Waals surface area contributed by atoms with Gasteiger partial charge in [0, 0.05) is 6.08 Å². The Morgan fingerprint density at radius 3 is 1.48 bits per heavy atom. The van der Waals surface area contributed by atoms with Crippen molar-refractivity contribution in [2.24, 2.45) is 0 Å². The molecule has 0 heterocycles. The second kappa shape index (κ2) is 19.5. The highest BCUT2D eigenvalue weighted by atomic mass is 127. The zero-order valence-corrected chi connectivity index (χ0v) is 21.5. The van der Waals surface area contributed by atoms with Crippen molar-refractivity contribution in [2.45, 2.75) is 122 Å². The molecule has 4 heteroatoms. The summed E-state index contributed by atoms with van der Waals surface area (Å²) < 4.78 is 5.09. The van der Waals surface area contributed by atoms with Crippen LogP contribution in [0.2, 0.25) is 19.1 Å². The lowest BCUT2D eigenvalue weighted by molar-refractivity contribution is -0.137. The molecule has 0 atom stereocenters. The van der Waals surface area contributed by atoms with E-state index in [1.54, 1.807) is 6.08 Å². The number of ether oxygens (including phenoxy) is 1. The number of carbonyl (C=O) groups is 1. The highest BCUT2D eigenvalue weighted by Crippen LogP contribution is 2.22. The topological polar surface area (TPSA) is 26.3 Å². The van der Waals surface area contributed by atoms with Crippen molar-refractivity contribution < 1.29 is 9.53 Å². The van der Waals surface area contributed by atoms with Gasteiger partial charge in [0.1, 0.15) is 5.57 Å².